The highest BCUT2D eigenvalue weighted by molar-refractivity contribution is 6.09. The van der Waals surface area contributed by atoms with Crippen molar-refractivity contribution in [2.24, 2.45) is 0 Å². The average molecular weight is 753 g/mol. The lowest BCUT2D eigenvalue weighted by Crippen LogP contribution is -2.04. The molecule has 59 heavy (non-hydrogen) atoms. The third-order valence-corrected chi connectivity index (χ3v) is 11.3. The smallest absolute Gasteiger partial charge is 0.166 e. The van der Waals surface area contributed by atoms with Gasteiger partial charge in [0.15, 0.2) is 17.5 Å². The highest BCUT2D eigenvalue weighted by atomic mass is 15.1. The molecule has 276 valence electrons. The van der Waals surface area contributed by atoms with Gasteiger partial charge in [-0.1, -0.05) is 182 Å². The molecule has 11 aromatic rings. The first kappa shape index (κ1) is 34.3. The minimum atomic E-state index is 0.603. The number of fused-ring (bicyclic) bond motifs is 4. The second kappa shape index (κ2) is 14.5. The monoisotopic (exact) mass is 752 g/mol. The summed E-state index contributed by atoms with van der Waals surface area (Å²) >= 11 is 0. The van der Waals surface area contributed by atoms with Gasteiger partial charge >= 0.3 is 0 Å². The third kappa shape index (κ3) is 6.34. The third-order valence-electron chi connectivity index (χ3n) is 11.3. The van der Waals surface area contributed by atoms with Crippen LogP contribution in [-0.2, 0) is 0 Å². The molecule has 0 aliphatic rings. The molecule has 0 saturated heterocycles. The molecule has 11 rings (SSSR count). The Kier molecular flexibility index (Phi) is 8.45. The van der Waals surface area contributed by atoms with Gasteiger partial charge in [-0.15, -0.1) is 0 Å². The maximum atomic E-state index is 5.32. The van der Waals surface area contributed by atoms with Crippen molar-refractivity contribution in [3.63, 3.8) is 0 Å². The van der Waals surface area contributed by atoms with E-state index in [0.717, 1.165) is 61.1 Å². The van der Waals surface area contributed by atoms with E-state index in [1.54, 1.807) is 0 Å². The molecule has 0 spiro atoms. The summed E-state index contributed by atoms with van der Waals surface area (Å²) < 4.78 is 2.37. The maximum absolute atomic E-state index is 5.32. The van der Waals surface area contributed by atoms with Gasteiger partial charge in [0.05, 0.1) is 16.7 Å². The van der Waals surface area contributed by atoms with Gasteiger partial charge in [-0.3, -0.25) is 0 Å². The van der Waals surface area contributed by atoms with Crippen LogP contribution in [0.2, 0.25) is 0 Å². The molecule has 0 N–H and O–H groups in total. The molecule has 0 atom stereocenters. The normalized spacial score (nSPS) is 11.4. The number of hydrogen-bond donors (Lipinski definition) is 0. The molecule has 0 saturated carbocycles. The zero-order valence-electron chi connectivity index (χ0n) is 32.1. The van der Waals surface area contributed by atoms with Gasteiger partial charge in [-0.05, 0) is 80.6 Å². The lowest BCUT2D eigenvalue weighted by Gasteiger charge is -2.17. The van der Waals surface area contributed by atoms with Crippen LogP contribution in [0, 0.1) is 0 Å². The Morgan fingerprint density at radius 1 is 0.271 bits per heavy atom. The molecule has 0 fully saturated rings. The van der Waals surface area contributed by atoms with Crippen molar-refractivity contribution in [2.75, 3.05) is 0 Å². The summed E-state index contributed by atoms with van der Waals surface area (Å²) in [6.45, 7) is 0. The van der Waals surface area contributed by atoms with E-state index in [9.17, 15) is 0 Å². The second-order valence-corrected chi connectivity index (χ2v) is 14.9. The molecule has 0 aliphatic carbocycles. The van der Waals surface area contributed by atoms with Gasteiger partial charge in [0.25, 0.3) is 0 Å². The summed E-state index contributed by atoms with van der Waals surface area (Å²) in [5, 5.41) is 4.69. The molecule has 0 unspecified atom stereocenters. The van der Waals surface area contributed by atoms with Crippen LogP contribution in [-0.4, -0.2) is 19.5 Å². The van der Waals surface area contributed by atoms with Crippen molar-refractivity contribution in [3.05, 3.63) is 218 Å². The predicted molar refractivity (Wildman–Crippen MR) is 244 cm³/mol. The molecule has 4 heteroatoms. The molecular formula is C55H36N4. The number of aromatic nitrogens is 4. The van der Waals surface area contributed by atoms with Crippen LogP contribution in [0.4, 0.5) is 0 Å². The van der Waals surface area contributed by atoms with Crippen molar-refractivity contribution in [1.82, 2.24) is 19.5 Å². The molecule has 0 bridgehead atoms. The maximum Gasteiger partial charge on any atom is 0.166 e. The van der Waals surface area contributed by atoms with Crippen LogP contribution in [0.15, 0.2) is 218 Å². The Balaban J connectivity index is 1.15. The van der Waals surface area contributed by atoms with E-state index >= 15 is 0 Å². The second-order valence-electron chi connectivity index (χ2n) is 14.9. The topological polar surface area (TPSA) is 43.6 Å². The Bertz CT molecular complexity index is 3260. The average Bonchev–Trinajstić information content (AvgIpc) is 3.66. The highest BCUT2D eigenvalue weighted by Gasteiger charge is 2.20. The Labute approximate surface area is 342 Å². The van der Waals surface area contributed by atoms with Crippen molar-refractivity contribution in [1.29, 1.82) is 0 Å². The molecule has 0 amide bonds. The Morgan fingerprint density at radius 3 is 1.42 bits per heavy atom. The van der Waals surface area contributed by atoms with Crippen LogP contribution in [0.1, 0.15) is 0 Å². The van der Waals surface area contributed by atoms with Crippen LogP contribution in [0.3, 0.4) is 0 Å². The van der Waals surface area contributed by atoms with E-state index in [1.165, 1.54) is 27.3 Å². The van der Waals surface area contributed by atoms with E-state index in [2.05, 4.69) is 217 Å². The van der Waals surface area contributed by atoms with Crippen molar-refractivity contribution in [2.45, 2.75) is 0 Å². The highest BCUT2D eigenvalue weighted by Crippen LogP contribution is 2.39. The van der Waals surface area contributed by atoms with Gasteiger partial charge in [-0.2, -0.15) is 0 Å². The lowest BCUT2D eigenvalue weighted by atomic mass is 9.97. The number of rotatable bonds is 7. The largest absolute Gasteiger partial charge is 0.308 e. The summed E-state index contributed by atoms with van der Waals surface area (Å²) in [5.41, 5.74) is 12.9. The van der Waals surface area contributed by atoms with Crippen LogP contribution >= 0.6 is 0 Å². The van der Waals surface area contributed by atoms with E-state index in [0.29, 0.717) is 17.5 Å². The fourth-order valence-corrected chi connectivity index (χ4v) is 8.30. The number of nitrogens with zero attached hydrogens (tertiary/aromatic N) is 4. The molecule has 2 aromatic heterocycles. The summed E-state index contributed by atoms with van der Waals surface area (Å²) in [6.07, 6.45) is 0. The van der Waals surface area contributed by atoms with Crippen LogP contribution < -0.4 is 0 Å². The van der Waals surface area contributed by atoms with Gasteiger partial charge in [0, 0.05) is 27.5 Å². The standard InChI is InChI=1S/C55H36N4/c1-3-14-37(15-4-1)40-26-29-41(30-27-40)53-56-54(46-31-28-39-18-7-8-19-42(39)35-46)58-55(57-53)49-33-32-45(44-21-13-20-43(34-44)38-16-5-2-6-17-38)36-52(49)59-50-24-11-9-22-47(50)48-23-10-12-25-51(48)59/h1-36H. The lowest BCUT2D eigenvalue weighted by molar-refractivity contribution is 1.06. The van der Waals surface area contributed by atoms with Crippen molar-refractivity contribution < 1.29 is 0 Å². The number of benzene rings is 9. The van der Waals surface area contributed by atoms with Crippen molar-refractivity contribution in [3.8, 4) is 73.2 Å². The minimum Gasteiger partial charge on any atom is -0.308 e. The predicted octanol–water partition coefficient (Wildman–Crippen LogP) is 14.1. The summed E-state index contributed by atoms with van der Waals surface area (Å²) in [4.78, 5) is 15.8. The quantitative estimate of drug-likeness (QED) is 0.163. The molecule has 9 aromatic carbocycles. The van der Waals surface area contributed by atoms with Gasteiger partial charge in [0.2, 0.25) is 0 Å². The first-order valence-corrected chi connectivity index (χ1v) is 19.9. The first-order valence-electron chi connectivity index (χ1n) is 19.9. The molecule has 0 aliphatic heterocycles. The number of hydrogen-bond acceptors (Lipinski definition) is 3. The molecule has 0 radical (unpaired) electrons. The zero-order valence-corrected chi connectivity index (χ0v) is 32.1. The SMILES string of the molecule is c1ccc(-c2ccc(-c3nc(-c4ccc5ccccc5c4)nc(-c4ccc(-c5cccc(-c6ccccc6)c5)cc4-n4c5ccccc5c5ccccc54)n3)cc2)cc1. The fraction of sp³-hybridized carbons (Fsp3) is 0. The number of para-hydroxylation sites is 2. The minimum absolute atomic E-state index is 0.603. The van der Waals surface area contributed by atoms with Crippen LogP contribution in [0.25, 0.3) is 106 Å². The molecular weight excluding hydrogens is 717 g/mol. The zero-order chi connectivity index (χ0) is 39.1. The summed E-state index contributed by atoms with van der Waals surface area (Å²) in [6, 6.07) is 77.1. The fourth-order valence-electron chi connectivity index (χ4n) is 8.30. The van der Waals surface area contributed by atoms with E-state index in [4.69, 9.17) is 15.0 Å². The van der Waals surface area contributed by atoms with Crippen LogP contribution in [0.5, 0.6) is 0 Å². The Hall–Kier alpha value is -7.95. The van der Waals surface area contributed by atoms with E-state index in [-0.39, 0.29) is 0 Å². The Morgan fingerprint density at radius 2 is 0.729 bits per heavy atom. The summed E-state index contributed by atoms with van der Waals surface area (Å²) in [7, 11) is 0. The van der Waals surface area contributed by atoms with E-state index < -0.39 is 0 Å². The van der Waals surface area contributed by atoms with Gasteiger partial charge < -0.3 is 4.57 Å². The van der Waals surface area contributed by atoms with E-state index in [1.807, 2.05) is 6.07 Å². The molecule has 2 heterocycles. The van der Waals surface area contributed by atoms with Gasteiger partial charge in [0.1, 0.15) is 0 Å². The van der Waals surface area contributed by atoms with Gasteiger partial charge in [-0.25, -0.2) is 15.0 Å². The van der Waals surface area contributed by atoms with Crippen molar-refractivity contribution >= 4 is 32.6 Å². The molecule has 4 nitrogen and oxygen atoms in total. The first-order chi connectivity index (χ1) is 29.2. The summed E-state index contributed by atoms with van der Waals surface area (Å²) in [5.74, 6) is 1.84.